The monoisotopic (exact) mass is 435 g/mol. The van der Waals surface area contributed by atoms with Crippen molar-refractivity contribution in [2.75, 3.05) is 12.4 Å². The molecule has 0 saturated carbocycles. The second-order valence-electron chi connectivity index (χ2n) is 6.69. The molecule has 3 rings (SSSR count). The van der Waals surface area contributed by atoms with Crippen molar-refractivity contribution in [2.24, 2.45) is 0 Å². The molecule has 0 saturated heterocycles. The van der Waals surface area contributed by atoms with E-state index < -0.39 is 12.5 Å². The molecule has 0 unspecified atom stereocenters. The molecule has 0 radical (unpaired) electrons. The van der Waals surface area contributed by atoms with Gasteiger partial charge in [-0.05, 0) is 36.2 Å². The van der Waals surface area contributed by atoms with E-state index >= 15 is 0 Å². The molecule has 0 aliphatic carbocycles. The number of ether oxygens (including phenoxy) is 2. The minimum atomic E-state index is -3.02. The van der Waals surface area contributed by atoms with Crippen molar-refractivity contribution in [3.63, 3.8) is 0 Å². The van der Waals surface area contributed by atoms with E-state index in [4.69, 9.17) is 16.3 Å². The summed E-state index contributed by atoms with van der Waals surface area (Å²) in [7, 11) is 1.34. The van der Waals surface area contributed by atoms with Gasteiger partial charge in [-0.15, -0.1) is 0 Å². The summed E-state index contributed by atoms with van der Waals surface area (Å²) in [6.45, 7) is 0.862. The highest BCUT2D eigenvalue weighted by molar-refractivity contribution is 6.30. The standard InChI is InChI=1S/C21H20ClF2N3O3/c1-12(2)19-16(11-25-27(19)15-6-4-5-13(22)9-15)20(28)26-14-7-8-17(29-3)18(10-14)30-21(23)24/h4-12,21H,1-3H3,(H,26,28). The van der Waals surface area contributed by atoms with Crippen LogP contribution < -0.4 is 14.8 Å². The van der Waals surface area contributed by atoms with E-state index in [0.29, 0.717) is 16.3 Å². The molecule has 0 atom stereocenters. The third-order valence-electron chi connectivity index (χ3n) is 4.29. The van der Waals surface area contributed by atoms with Crippen molar-refractivity contribution in [3.8, 4) is 17.2 Å². The Hall–Kier alpha value is -3.13. The molecule has 1 N–H and O–H groups in total. The number of anilines is 1. The van der Waals surface area contributed by atoms with Gasteiger partial charge in [-0.3, -0.25) is 4.79 Å². The molecule has 1 amide bonds. The Morgan fingerprint density at radius 3 is 2.57 bits per heavy atom. The fraction of sp³-hybridized carbons (Fsp3) is 0.238. The number of methoxy groups -OCH3 is 1. The van der Waals surface area contributed by atoms with Crippen LogP contribution in [0.4, 0.5) is 14.5 Å². The normalized spacial score (nSPS) is 11.1. The highest BCUT2D eigenvalue weighted by Gasteiger charge is 2.22. The molecule has 6 nitrogen and oxygen atoms in total. The number of hydrogen-bond acceptors (Lipinski definition) is 4. The molecule has 3 aromatic rings. The Labute approximate surface area is 177 Å². The number of nitrogens with zero attached hydrogens (tertiary/aromatic N) is 2. The number of halogens is 3. The molecular weight excluding hydrogens is 416 g/mol. The lowest BCUT2D eigenvalue weighted by atomic mass is 10.0. The van der Waals surface area contributed by atoms with E-state index in [1.54, 1.807) is 22.9 Å². The van der Waals surface area contributed by atoms with Crippen LogP contribution in [0.3, 0.4) is 0 Å². The van der Waals surface area contributed by atoms with Crippen molar-refractivity contribution in [1.82, 2.24) is 9.78 Å². The van der Waals surface area contributed by atoms with Gasteiger partial charge in [0.2, 0.25) is 0 Å². The number of carbonyl (C=O) groups excluding carboxylic acids is 1. The van der Waals surface area contributed by atoms with Crippen LogP contribution in [0.1, 0.15) is 35.8 Å². The minimum absolute atomic E-state index is 0.0270. The lowest BCUT2D eigenvalue weighted by molar-refractivity contribution is -0.0511. The SMILES string of the molecule is COc1ccc(NC(=O)c2cnn(-c3cccc(Cl)c3)c2C(C)C)cc1OC(F)F. The molecule has 158 valence electrons. The third-order valence-corrected chi connectivity index (χ3v) is 4.52. The Morgan fingerprint density at radius 1 is 1.17 bits per heavy atom. The maximum absolute atomic E-state index is 12.9. The first-order valence-corrected chi connectivity index (χ1v) is 9.46. The fourth-order valence-corrected chi connectivity index (χ4v) is 3.23. The Balaban J connectivity index is 1.93. The lowest BCUT2D eigenvalue weighted by Gasteiger charge is -2.14. The van der Waals surface area contributed by atoms with Crippen LogP contribution in [0.2, 0.25) is 5.02 Å². The summed E-state index contributed by atoms with van der Waals surface area (Å²) in [5, 5.41) is 7.59. The van der Waals surface area contributed by atoms with Crippen LogP contribution in [-0.4, -0.2) is 29.4 Å². The van der Waals surface area contributed by atoms with Crippen molar-refractivity contribution in [1.29, 1.82) is 0 Å². The Morgan fingerprint density at radius 2 is 1.93 bits per heavy atom. The molecule has 0 bridgehead atoms. The first-order valence-electron chi connectivity index (χ1n) is 9.08. The summed E-state index contributed by atoms with van der Waals surface area (Å²) in [6.07, 6.45) is 1.46. The second kappa shape index (κ2) is 9.13. The number of amides is 1. The van der Waals surface area contributed by atoms with Crippen LogP contribution in [0.25, 0.3) is 5.69 Å². The van der Waals surface area contributed by atoms with Gasteiger partial charge in [0.25, 0.3) is 5.91 Å². The van der Waals surface area contributed by atoms with Gasteiger partial charge in [-0.1, -0.05) is 31.5 Å². The van der Waals surface area contributed by atoms with Gasteiger partial charge >= 0.3 is 6.61 Å². The summed E-state index contributed by atoms with van der Waals surface area (Å²) in [5.74, 6) is -0.505. The smallest absolute Gasteiger partial charge is 0.387 e. The number of carbonyl (C=O) groups is 1. The minimum Gasteiger partial charge on any atom is -0.493 e. The van der Waals surface area contributed by atoms with Crippen LogP contribution >= 0.6 is 11.6 Å². The fourth-order valence-electron chi connectivity index (χ4n) is 3.04. The largest absolute Gasteiger partial charge is 0.493 e. The predicted molar refractivity (Wildman–Crippen MR) is 110 cm³/mol. The molecule has 0 fully saturated rings. The van der Waals surface area contributed by atoms with Crippen LogP contribution in [0, 0.1) is 0 Å². The number of rotatable bonds is 7. The van der Waals surface area contributed by atoms with Crippen molar-refractivity contribution in [3.05, 3.63) is 64.9 Å². The van der Waals surface area contributed by atoms with Crippen molar-refractivity contribution < 1.29 is 23.0 Å². The van der Waals surface area contributed by atoms with Gasteiger partial charge in [-0.2, -0.15) is 13.9 Å². The van der Waals surface area contributed by atoms with E-state index in [0.717, 1.165) is 5.69 Å². The van der Waals surface area contributed by atoms with E-state index in [9.17, 15) is 13.6 Å². The predicted octanol–water partition coefficient (Wildman–Crippen LogP) is 5.51. The summed E-state index contributed by atoms with van der Waals surface area (Å²) in [5.41, 5.74) is 2.05. The number of nitrogens with one attached hydrogen (secondary N) is 1. The molecule has 2 aromatic carbocycles. The second-order valence-corrected chi connectivity index (χ2v) is 7.12. The van der Waals surface area contributed by atoms with Gasteiger partial charge in [0.1, 0.15) is 0 Å². The summed E-state index contributed by atoms with van der Waals surface area (Å²) in [4.78, 5) is 12.9. The number of hydrogen-bond donors (Lipinski definition) is 1. The van der Waals surface area contributed by atoms with Crippen molar-refractivity contribution >= 4 is 23.2 Å². The molecule has 0 spiro atoms. The van der Waals surface area contributed by atoms with Crippen LogP contribution in [0.5, 0.6) is 11.5 Å². The van der Waals surface area contributed by atoms with Gasteiger partial charge in [0.05, 0.1) is 30.3 Å². The maximum Gasteiger partial charge on any atom is 0.387 e. The summed E-state index contributed by atoms with van der Waals surface area (Å²) in [6, 6.07) is 11.4. The average molecular weight is 436 g/mol. The quantitative estimate of drug-likeness (QED) is 0.531. The first kappa shape index (κ1) is 21.6. The van der Waals surface area contributed by atoms with Crippen LogP contribution in [0.15, 0.2) is 48.7 Å². The number of aromatic nitrogens is 2. The Kier molecular flexibility index (Phi) is 6.56. The van der Waals surface area contributed by atoms with E-state index in [1.165, 1.54) is 31.5 Å². The summed E-state index contributed by atoms with van der Waals surface area (Å²) >= 11 is 6.08. The zero-order chi connectivity index (χ0) is 21.8. The molecule has 0 aliphatic rings. The van der Waals surface area contributed by atoms with Gasteiger partial charge in [0, 0.05) is 16.8 Å². The summed E-state index contributed by atoms with van der Waals surface area (Å²) < 4.78 is 36.4. The highest BCUT2D eigenvalue weighted by Crippen LogP contribution is 2.32. The van der Waals surface area contributed by atoms with E-state index in [-0.39, 0.29) is 23.1 Å². The molecular formula is C21H20ClF2N3O3. The molecule has 30 heavy (non-hydrogen) atoms. The Bertz CT molecular complexity index is 1050. The highest BCUT2D eigenvalue weighted by atomic mass is 35.5. The molecule has 0 aliphatic heterocycles. The van der Waals surface area contributed by atoms with E-state index in [1.807, 2.05) is 19.9 Å². The number of benzene rings is 2. The zero-order valence-corrected chi connectivity index (χ0v) is 17.3. The topological polar surface area (TPSA) is 65.4 Å². The maximum atomic E-state index is 12.9. The molecule has 1 heterocycles. The van der Waals surface area contributed by atoms with Gasteiger partial charge < -0.3 is 14.8 Å². The molecule has 1 aromatic heterocycles. The average Bonchev–Trinajstić information content (AvgIpc) is 3.13. The number of alkyl halides is 2. The zero-order valence-electron chi connectivity index (χ0n) is 16.5. The van der Waals surface area contributed by atoms with Crippen LogP contribution in [-0.2, 0) is 0 Å². The lowest BCUT2D eigenvalue weighted by Crippen LogP contribution is -2.15. The van der Waals surface area contributed by atoms with Crippen molar-refractivity contribution in [2.45, 2.75) is 26.4 Å². The first-order chi connectivity index (χ1) is 14.3. The third kappa shape index (κ3) is 4.71. The molecule has 9 heteroatoms. The van der Waals surface area contributed by atoms with Gasteiger partial charge in [0.15, 0.2) is 11.5 Å². The van der Waals surface area contributed by atoms with E-state index in [2.05, 4.69) is 15.2 Å². The van der Waals surface area contributed by atoms with Gasteiger partial charge in [-0.25, -0.2) is 4.68 Å².